The average Bonchev–Trinajstić information content (AvgIpc) is 3.49. The zero-order valence-corrected chi connectivity index (χ0v) is 28.1. The molecule has 0 aliphatic carbocycles. The highest BCUT2D eigenvalue weighted by molar-refractivity contribution is 5.92. The van der Waals surface area contributed by atoms with E-state index in [9.17, 15) is 36.7 Å². The van der Waals surface area contributed by atoms with E-state index in [2.05, 4.69) is 25.7 Å². The van der Waals surface area contributed by atoms with Gasteiger partial charge in [0.25, 0.3) is 11.5 Å². The molecule has 18 heteroatoms. The largest absolute Gasteiger partial charge is 0.444 e. The van der Waals surface area contributed by atoms with Crippen LogP contribution >= 0.6 is 0 Å². The number of carbonyl (C=O) groups excluding carboxylic acids is 3. The number of ether oxygens (including phenoxy) is 2. The van der Waals surface area contributed by atoms with Crippen LogP contribution < -0.4 is 20.9 Å². The molecule has 272 valence electrons. The van der Waals surface area contributed by atoms with Crippen LogP contribution in [0.5, 0.6) is 5.75 Å². The van der Waals surface area contributed by atoms with Gasteiger partial charge in [-0.05, 0) is 51.0 Å². The van der Waals surface area contributed by atoms with Gasteiger partial charge in [0.1, 0.15) is 17.5 Å². The van der Waals surface area contributed by atoms with Crippen molar-refractivity contribution in [3.05, 3.63) is 70.2 Å². The number of piperazine rings is 1. The number of anilines is 1. The number of alkyl halides is 3. The molecule has 2 N–H and O–H groups in total. The third-order valence-electron chi connectivity index (χ3n) is 7.26. The summed E-state index contributed by atoms with van der Waals surface area (Å²) in [6.07, 6.45) is -3.06. The van der Waals surface area contributed by atoms with Crippen LogP contribution in [0.15, 0.2) is 47.5 Å². The van der Waals surface area contributed by atoms with Gasteiger partial charge >= 0.3 is 12.2 Å². The maximum absolute atomic E-state index is 14.9. The number of rotatable bonds is 13. The molecule has 0 spiro atoms. The van der Waals surface area contributed by atoms with E-state index in [1.54, 1.807) is 36.6 Å². The highest BCUT2D eigenvalue weighted by atomic mass is 19.3. The summed E-state index contributed by atoms with van der Waals surface area (Å²) in [5.74, 6) is -2.44. The number of nitrogens with one attached hydrogen (secondary N) is 2. The Balaban J connectivity index is 1.21. The van der Waals surface area contributed by atoms with Crippen LogP contribution in [0.3, 0.4) is 0 Å². The third kappa shape index (κ3) is 11.6. The fourth-order valence-electron chi connectivity index (χ4n) is 4.89. The molecule has 4 rings (SSSR count). The van der Waals surface area contributed by atoms with E-state index in [4.69, 9.17) is 4.74 Å². The van der Waals surface area contributed by atoms with Crippen LogP contribution in [-0.2, 0) is 29.2 Å². The first-order chi connectivity index (χ1) is 23.5. The predicted octanol–water partition coefficient (Wildman–Crippen LogP) is 3.42. The second-order valence-electron chi connectivity index (χ2n) is 12.8. The van der Waals surface area contributed by atoms with Gasteiger partial charge in [0, 0.05) is 52.4 Å². The molecule has 1 aliphatic rings. The predicted molar refractivity (Wildman–Crippen MR) is 172 cm³/mol. The van der Waals surface area contributed by atoms with Crippen LogP contribution in [-0.4, -0.2) is 97.9 Å². The Bertz CT molecular complexity index is 1710. The number of aryl methyl sites for hydroxylation is 1. The summed E-state index contributed by atoms with van der Waals surface area (Å²) in [6.45, 7) is 6.87. The van der Waals surface area contributed by atoms with Crippen LogP contribution in [0.4, 0.5) is 28.0 Å². The van der Waals surface area contributed by atoms with E-state index in [1.807, 2.05) is 0 Å². The van der Waals surface area contributed by atoms with E-state index in [-0.39, 0.29) is 49.7 Å². The van der Waals surface area contributed by atoms with Crippen LogP contribution in [0.2, 0.25) is 0 Å². The Morgan fingerprint density at radius 2 is 1.78 bits per heavy atom. The summed E-state index contributed by atoms with van der Waals surface area (Å²) in [5.41, 5.74) is -1.59. The van der Waals surface area contributed by atoms with Gasteiger partial charge < -0.3 is 29.6 Å². The lowest BCUT2D eigenvalue weighted by Gasteiger charge is -2.35. The van der Waals surface area contributed by atoms with Crippen molar-refractivity contribution in [2.75, 3.05) is 38.0 Å². The Morgan fingerprint density at radius 1 is 1.06 bits per heavy atom. The van der Waals surface area contributed by atoms with Crippen LogP contribution in [0.1, 0.15) is 50.2 Å². The third-order valence-corrected chi connectivity index (χ3v) is 7.26. The Hall–Kier alpha value is -5.00. The molecule has 3 amide bonds. The molecule has 0 radical (unpaired) electrons. The molecule has 1 aromatic carbocycles. The molecule has 0 bridgehead atoms. The van der Waals surface area contributed by atoms with Gasteiger partial charge in [-0.25, -0.2) is 13.9 Å². The zero-order valence-electron chi connectivity index (χ0n) is 28.1. The van der Waals surface area contributed by atoms with Gasteiger partial charge in [0.2, 0.25) is 11.7 Å². The molecular weight excluding hydrogens is 668 g/mol. The minimum absolute atomic E-state index is 0.0214. The number of nitrogens with zero attached hydrogens (tertiary/aromatic N) is 6. The maximum Gasteiger partial charge on any atom is 0.410 e. The summed E-state index contributed by atoms with van der Waals surface area (Å²) in [4.78, 5) is 53.2. The van der Waals surface area contributed by atoms with E-state index in [0.29, 0.717) is 38.7 Å². The smallest absolute Gasteiger partial charge is 0.410 e. The number of hydrogen-bond donors (Lipinski definition) is 2. The number of hydrogen-bond acceptors (Lipinski definition) is 9. The molecule has 1 saturated heterocycles. The van der Waals surface area contributed by atoms with E-state index < -0.39 is 47.2 Å². The lowest BCUT2D eigenvalue weighted by atomic mass is 10.2. The molecule has 1 atom stereocenters. The number of benzene rings is 1. The fraction of sp³-hybridized carbons (Fsp3) is 0.500. The quantitative estimate of drug-likeness (QED) is 0.255. The molecule has 0 saturated carbocycles. The van der Waals surface area contributed by atoms with Crippen molar-refractivity contribution in [3.8, 4) is 5.75 Å². The average molecular weight is 709 g/mol. The van der Waals surface area contributed by atoms with E-state index in [0.717, 1.165) is 9.25 Å². The molecule has 50 heavy (non-hydrogen) atoms. The molecular formula is C32H40F4N8O6. The zero-order chi connectivity index (χ0) is 36.6. The molecule has 3 heterocycles. The van der Waals surface area contributed by atoms with Gasteiger partial charge in [-0.3, -0.25) is 19.3 Å². The second-order valence-corrected chi connectivity index (χ2v) is 12.8. The molecule has 14 nitrogen and oxygen atoms in total. The first-order valence-electron chi connectivity index (χ1n) is 15.8. The van der Waals surface area contributed by atoms with Crippen molar-refractivity contribution >= 4 is 23.6 Å². The maximum atomic E-state index is 14.9. The van der Waals surface area contributed by atoms with Gasteiger partial charge in [-0.1, -0.05) is 17.3 Å². The van der Waals surface area contributed by atoms with Crippen molar-refractivity contribution < 1.29 is 41.4 Å². The van der Waals surface area contributed by atoms with E-state index in [1.165, 1.54) is 36.7 Å². The van der Waals surface area contributed by atoms with Crippen molar-refractivity contribution in [2.24, 2.45) is 0 Å². The van der Waals surface area contributed by atoms with Gasteiger partial charge in [0.05, 0.1) is 25.0 Å². The van der Waals surface area contributed by atoms with E-state index >= 15 is 0 Å². The minimum Gasteiger partial charge on any atom is -0.444 e. The molecule has 3 aromatic rings. The van der Waals surface area contributed by atoms with Crippen LogP contribution in [0.25, 0.3) is 0 Å². The lowest BCUT2D eigenvalue weighted by molar-refractivity contribution is -0.159. The number of amides is 3. The summed E-state index contributed by atoms with van der Waals surface area (Å²) < 4.78 is 67.9. The topological polar surface area (TPSA) is 153 Å². The number of halogens is 4. The second kappa shape index (κ2) is 16.1. The number of carbonyl (C=O) groups is 3. The SMILES string of the molecule is CC(C)(C)OC(=O)N1CCN(CC(=O)Nc2ccn(CCC(F)Cn3cc(C(=O)NCc4cccc(OC(C)(F)F)c4)nn3)c(=O)c2F)CC1. The van der Waals surface area contributed by atoms with Crippen molar-refractivity contribution in [3.63, 3.8) is 0 Å². The van der Waals surface area contributed by atoms with Crippen molar-refractivity contribution in [2.45, 2.75) is 71.6 Å². The normalized spacial score (nSPS) is 14.6. The van der Waals surface area contributed by atoms with Gasteiger partial charge in [-0.15, -0.1) is 5.10 Å². The lowest BCUT2D eigenvalue weighted by Crippen LogP contribution is -2.51. The first-order valence-corrected chi connectivity index (χ1v) is 15.8. The van der Waals surface area contributed by atoms with Gasteiger partial charge in [0.15, 0.2) is 5.69 Å². The summed E-state index contributed by atoms with van der Waals surface area (Å²) in [5, 5.41) is 12.4. The fourth-order valence-corrected chi connectivity index (χ4v) is 4.89. The Labute approximate surface area is 285 Å². The highest BCUT2D eigenvalue weighted by Gasteiger charge is 2.27. The standard InChI is InChI=1S/C32H40F4N8O6/c1-31(2,3)50-30(48)43-14-12-41(13-15-43)20-26(45)38-24-9-11-42(29(47)27(24)34)10-8-22(33)18-44-19-25(39-40-44)28(46)37-17-21-6-5-7-23(16-21)49-32(4,35)36/h5-7,9,11,16,19,22H,8,10,12-15,17-18,20H2,1-4H3,(H,37,46)(H,38,45). The first kappa shape index (κ1) is 37.8. The van der Waals surface area contributed by atoms with Gasteiger partial charge in [-0.2, -0.15) is 13.2 Å². The highest BCUT2D eigenvalue weighted by Crippen LogP contribution is 2.22. The van der Waals surface area contributed by atoms with Crippen molar-refractivity contribution in [1.82, 2.24) is 34.7 Å². The van der Waals surface area contributed by atoms with Crippen LogP contribution in [0, 0.1) is 5.82 Å². The number of aromatic nitrogens is 4. The summed E-state index contributed by atoms with van der Waals surface area (Å²) >= 11 is 0. The Kier molecular flexibility index (Phi) is 12.2. The minimum atomic E-state index is -3.36. The van der Waals surface area contributed by atoms with Crippen molar-refractivity contribution in [1.29, 1.82) is 0 Å². The monoisotopic (exact) mass is 708 g/mol. The molecule has 1 fully saturated rings. The summed E-state index contributed by atoms with van der Waals surface area (Å²) in [7, 11) is 0. The Morgan fingerprint density at radius 3 is 2.46 bits per heavy atom. The summed E-state index contributed by atoms with van der Waals surface area (Å²) in [6, 6.07) is 7.02. The molecule has 1 aliphatic heterocycles. The number of pyridine rings is 1. The molecule has 1 unspecified atom stereocenters. The molecule has 2 aromatic heterocycles.